The van der Waals surface area contributed by atoms with E-state index in [1.165, 1.54) is 70.6 Å². The van der Waals surface area contributed by atoms with Crippen LogP contribution in [0.1, 0.15) is 98.3 Å². The van der Waals surface area contributed by atoms with Crippen LogP contribution in [0, 0.1) is 6.42 Å². The van der Waals surface area contributed by atoms with Crippen LogP contribution < -0.4 is 0 Å². The van der Waals surface area contributed by atoms with Crippen LogP contribution in [0.2, 0.25) is 18.1 Å². The summed E-state index contributed by atoms with van der Waals surface area (Å²) in [6, 6.07) is 0. The number of unbranched alkanes of at least 4 members (excludes halogenated alkanes) is 11. The van der Waals surface area contributed by atoms with Gasteiger partial charge in [-0.15, -0.1) is 0 Å². The molecular weight excluding hydrogens is 284 g/mol. The van der Waals surface area contributed by atoms with Crippen LogP contribution in [0.5, 0.6) is 0 Å². The van der Waals surface area contributed by atoms with Gasteiger partial charge in [0, 0.05) is 6.61 Å². The average Bonchev–Trinajstić information content (AvgIpc) is 2.42. The van der Waals surface area contributed by atoms with Crippen molar-refractivity contribution in [1.29, 1.82) is 0 Å². The van der Waals surface area contributed by atoms with Gasteiger partial charge >= 0.3 is 0 Å². The van der Waals surface area contributed by atoms with Crippen molar-refractivity contribution in [3.63, 3.8) is 0 Å². The van der Waals surface area contributed by atoms with Crippen LogP contribution in [0.3, 0.4) is 0 Å². The van der Waals surface area contributed by atoms with E-state index < -0.39 is 8.32 Å². The zero-order valence-electron chi connectivity index (χ0n) is 16.5. The van der Waals surface area contributed by atoms with Gasteiger partial charge in [-0.1, -0.05) is 91.9 Å². The zero-order valence-corrected chi connectivity index (χ0v) is 17.5. The predicted molar refractivity (Wildman–Crippen MR) is 104 cm³/mol. The molecule has 0 saturated heterocycles. The third kappa shape index (κ3) is 11.7. The Morgan fingerprint density at radius 2 is 1.23 bits per heavy atom. The molecule has 0 aromatic carbocycles. The Bertz CT molecular complexity index is 243. The van der Waals surface area contributed by atoms with Gasteiger partial charge in [0.05, 0.1) is 0 Å². The van der Waals surface area contributed by atoms with E-state index >= 15 is 0 Å². The van der Waals surface area contributed by atoms with E-state index in [0.717, 1.165) is 6.61 Å². The molecule has 0 aliphatic carbocycles. The Morgan fingerprint density at radius 1 is 0.773 bits per heavy atom. The minimum Gasteiger partial charge on any atom is -0.417 e. The molecule has 0 spiro atoms. The van der Waals surface area contributed by atoms with E-state index in [1.807, 2.05) is 0 Å². The molecule has 0 amide bonds. The molecule has 0 fully saturated rings. The van der Waals surface area contributed by atoms with Gasteiger partial charge in [-0.2, -0.15) is 0 Å². The SMILES string of the molecule is CCCCCCCCCCCC[CH]CO[Si](C)(C)C(C)(C)C. The topological polar surface area (TPSA) is 9.23 Å². The molecule has 1 radical (unpaired) electrons. The molecule has 1 nitrogen and oxygen atoms in total. The molecule has 0 rings (SSSR count). The van der Waals surface area contributed by atoms with Crippen molar-refractivity contribution in [2.45, 2.75) is 116 Å². The molecule has 0 aliphatic heterocycles. The number of rotatable bonds is 14. The van der Waals surface area contributed by atoms with Gasteiger partial charge in [0.25, 0.3) is 0 Å². The van der Waals surface area contributed by atoms with Crippen LogP contribution in [-0.2, 0) is 4.43 Å². The second-order valence-corrected chi connectivity index (χ2v) is 13.1. The van der Waals surface area contributed by atoms with E-state index in [1.54, 1.807) is 0 Å². The third-order valence-corrected chi connectivity index (χ3v) is 9.63. The predicted octanol–water partition coefficient (Wildman–Crippen LogP) is 7.52. The van der Waals surface area contributed by atoms with E-state index in [9.17, 15) is 0 Å². The van der Waals surface area contributed by atoms with Crippen LogP contribution in [0.15, 0.2) is 0 Å². The Labute approximate surface area is 142 Å². The molecule has 133 valence electrons. The minimum absolute atomic E-state index is 0.331. The Morgan fingerprint density at radius 3 is 1.68 bits per heavy atom. The van der Waals surface area contributed by atoms with E-state index in [-0.39, 0.29) is 0 Å². The molecule has 0 bridgehead atoms. The lowest BCUT2D eigenvalue weighted by atomic mass is 10.1. The van der Waals surface area contributed by atoms with Gasteiger partial charge in [0.15, 0.2) is 8.32 Å². The van der Waals surface area contributed by atoms with Crippen LogP contribution in [0.4, 0.5) is 0 Å². The summed E-state index contributed by atoms with van der Waals surface area (Å²) >= 11 is 0. The van der Waals surface area contributed by atoms with Crippen molar-refractivity contribution in [3.8, 4) is 0 Å². The van der Waals surface area contributed by atoms with Crippen molar-refractivity contribution in [2.24, 2.45) is 0 Å². The summed E-state index contributed by atoms with van der Waals surface area (Å²) in [6.45, 7) is 14.7. The summed E-state index contributed by atoms with van der Waals surface area (Å²) in [4.78, 5) is 0. The highest BCUT2D eigenvalue weighted by molar-refractivity contribution is 6.74. The van der Waals surface area contributed by atoms with E-state index in [0.29, 0.717) is 5.04 Å². The van der Waals surface area contributed by atoms with Gasteiger partial charge in [0.1, 0.15) is 0 Å². The highest BCUT2D eigenvalue weighted by atomic mass is 28.4. The first-order valence-electron chi connectivity index (χ1n) is 9.77. The van der Waals surface area contributed by atoms with Crippen molar-refractivity contribution in [1.82, 2.24) is 0 Å². The monoisotopic (exact) mass is 327 g/mol. The standard InChI is InChI=1S/C20H43OSi/c1-7-8-9-10-11-12-13-14-15-16-17-18-19-21-22(5,6)20(2,3)4/h18H,7-17,19H2,1-6H3. The Hall–Kier alpha value is 0.177. The first-order valence-corrected chi connectivity index (χ1v) is 12.7. The zero-order chi connectivity index (χ0) is 16.9. The fraction of sp³-hybridized carbons (Fsp3) is 0.950. The molecule has 2 heteroatoms. The molecular formula is C20H43OSi. The first-order chi connectivity index (χ1) is 10.3. The normalized spacial score (nSPS) is 12.8. The lowest BCUT2D eigenvalue weighted by Gasteiger charge is -2.36. The van der Waals surface area contributed by atoms with Crippen molar-refractivity contribution < 1.29 is 4.43 Å². The highest BCUT2D eigenvalue weighted by Gasteiger charge is 2.36. The summed E-state index contributed by atoms with van der Waals surface area (Å²) in [5, 5.41) is 0.331. The second kappa shape index (κ2) is 12.6. The smallest absolute Gasteiger partial charge is 0.191 e. The minimum atomic E-state index is -1.54. The largest absolute Gasteiger partial charge is 0.417 e. The first kappa shape index (κ1) is 22.2. The quantitative estimate of drug-likeness (QED) is 0.237. The number of hydrogen-bond acceptors (Lipinski definition) is 1. The van der Waals surface area contributed by atoms with Gasteiger partial charge in [-0.05, 0) is 31.0 Å². The van der Waals surface area contributed by atoms with Gasteiger partial charge in [0.2, 0.25) is 0 Å². The van der Waals surface area contributed by atoms with Gasteiger partial charge < -0.3 is 4.43 Å². The van der Waals surface area contributed by atoms with Gasteiger partial charge in [-0.3, -0.25) is 0 Å². The molecule has 0 unspecified atom stereocenters. The lowest BCUT2D eigenvalue weighted by molar-refractivity contribution is 0.311. The maximum absolute atomic E-state index is 6.17. The lowest BCUT2D eigenvalue weighted by Crippen LogP contribution is -2.41. The third-order valence-electron chi connectivity index (χ3n) is 5.13. The second-order valence-electron chi connectivity index (χ2n) is 8.33. The molecule has 0 saturated carbocycles. The van der Waals surface area contributed by atoms with E-state index in [4.69, 9.17) is 4.43 Å². The Balaban J connectivity index is 3.28. The fourth-order valence-corrected chi connectivity index (χ4v) is 3.31. The molecule has 0 heterocycles. The van der Waals surface area contributed by atoms with Crippen LogP contribution in [0.25, 0.3) is 0 Å². The number of hydrogen-bond donors (Lipinski definition) is 0. The fourth-order valence-electron chi connectivity index (χ4n) is 2.34. The Kier molecular flexibility index (Phi) is 12.7. The average molecular weight is 328 g/mol. The maximum Gasteiger partial charge on any atom is 0.191 e. The van der Waals surface area contributed by atoms with Crippen LogP contribution in [-0.4, -0.2) is 14.9 Å². The molecule has 0 aliphatic rings. The molecule has 22 heavy (non-hydrogen) atoms. The molecule has 0 aromatic rings. The molecule has 0 aromatic heterocycles. The molecule has 0 N–H and O–H groups in total. The van der Waals surface area contributed by atoms with Gasteiger partial charge in [-0.25, -0.2) is 0 Å². The maximum atomic E-state index is 6.17. The summed E-state index contributed by atoms with van der Waals surface area (Å²) in [7, 11) is -1.54. The summed E-state index contributed by atoms with van der Waals surface area (Å²) in [5.74, 6) is 0. The molecule has 0 atom stereocenters. The van der Waals surface area contributed by atoms with E-state index in [2.05, 4.69) is 47.2 Å². The summed E-state index contributed by atoms with van der Waals surface area (Å²) in [5.41, 5.74) is 0. The van der Waals surface area contributed by atoms with Crippen LogP contribution >= 0.6 is 0 Å². The highest BCUT2D eigenvalue weighted by Crippen LogP contribution is 2.36. The van der Waals surface area contributed by atoms with Crippen molar-refractivity contribution in [3.05, 3.63) is 6.42 Å². The summed E-state index contributed by atoms with van der Waals surface area (Å²) < 4.78 is 6.17. The van der Waals surface area contributed by atoms with Crippen molar-refractivity contribution in [2.75, 3.05) is 6.61 Å². The van der Waals surface area contributed by atoms with Crippen molar-refractivity contribution >= 4 is 8.32 Å². The summed E-state index contributed by atoms with van der Waals surface area (Å²) in [6.07, 6.45) is 17.7.